The lowest BCUT2D eigenvalue weighted by atomic mass is 9.98. The predicted octanol–water partition coefficient (Wildman–Crippen LogP) is 0.996. The van der Waals surface area contributed by atoms with E-state index in [2.05, 4.69) is 15.1 Å². The largest absolute Gasteiger partial charge is 0.464 e. The second-order valence-corrected chi connectivity index (χ2v) is 6.06. The number of nitroso groups, excluding NO2 is 1. The van der Waals surface area contributed by atoms with E-state index in [4.69, 9.17) is 0 Å². The number of esters is 1. The minimum atomic E-state index is -1.26. The first-order valence-corrected chi connectivity index (χ1v) is 7.56. The Morgan fingerprint density at radius 3 is 2.28 bits per heavy atom. The molecule has 0 aromatic heterocycles. The first kappa shape index (κ1) is 16.7. The van der Waals surface area contributed by atoms with Crippen LogP contribution in [-0.4, -0.2) is 41.8 Å². The number of hydrogen-bond acceptors (Lipinski definition) is 7. The van der Waals surface area contributed by atoms with Gasteiger partial charge in [-0.05, 0) is 31.9 Å². The van der Waals surface area contributed by atoms with E-state index in [0.29, 0.717) is 10.8 Å². The van der Waals surface area contributed by atoms with Crippen LogP contribution < -0.4 is 4.90 Å². The number of aryl methyl sites for hydroxylation is 3. The highest BCUT2D eigenvalue weighted by molar-refractivity contribution is 6.46. The smallest absolute Gasteiger partial charge is 0.355 e. The number of rotatable bonds is 3. The van der Waals surface area contributed by atoms with Gasteiger partial charge in [-0.25, -0.2) is 9.69 Å². The molecule has 2 amide bonds. The first-order valence-electron chi connectivity index (χ1n) is 7.56. The lowest BCUT2D eigenvalue weighted by Gasteiger charge is -2.21. The maximum Gasteiger partial charge on any atom is 0.355 e. The minimum absolute atomic E-state index is 0.296. The monoisotopic (exact) mass is 344 g/mol. The zero-order valence-electron chi connectivity index (χ0n) is 14.1. The molecule has 3 rings (SSSR count). The number of imide groups is 1. The number of anilines is 1. The molecule has 2 aliphatic rings. The van der Waals surface area contributed by atoms with Gasteiger partial charge >= 0.3 is 5.97 Å². The second kappa shape index (κ2) is 5.76. The van der Waals surface area contributed by atoms with Crippen molar-refractivity contribution in [2.24, 2.45) is 16.3 Å². The van der Waals surface area contributed by atoms with Crippen molar-refractivity contribution in [3.63, 3.8) is 0 Å². The summed E-state index contributed by atoms with van der Waals surface area (Å²) in [7, 11) is 1.13. The van der Waals surface area contributed by atoms with Gasteiger partial charge in [-0.2, -0.15) is 0 Å². The summed E-state index contributed by atoms with van der Waals surface area (Å²) >= 11 is 0. The van der Waals surface area contributed by atoms with Crippen LogP contribution in [0.3, 0.4) is 0 Å². The fraction of sp³-hybridized carbons (Fsp3) is 0.375. The van der Waals surface area contributed by atoms with Crippen LogP contribution in [0, 0.1) is 31.6 Å². The van der Waals surface area contributed by atoms with Gasteiger partial charge in [0, 0.05) is 0 Å². The van der Waals surface area contributed by atoms with Gasteiger partial charge in [-0.1, -0.05) is 17.7 Å². The Labute approximate surface area is 143 Å². The third-order valence-electron chi connectivity index (χ3n) is 4.37. The fourth-order valence-corrected chi connectivity index (χ4v) is 3.48. The van der Waals surface area contributed by atoms with E-state index in [9.17, 15) is 19.3 Å². The van der Waals surface area contributed by atoms with Crippen molar-refractivity contribution < 1.29 is 19.1 Å². The summed E-state index contributed by atoms with van der Waals surface area (Å²) in [5.41, 5.74) is 2.62. The van der Waals surface area contributed by atoms with Gasteiger partial charge < -0.3 is 4.74 Å². The first-order chi connectivity index (χ1) is 11.8. The molecule has 9 nitrogen and oxygen atoms in total. The summed E-state index contributed by atoms with van der Waals surface area (Å²) < 4.78 is 4.60. The van der Waals surface area contributed by atoms with E-state index in [0.717, 1.165) is 28.7 Å². The number of ether oxygens (including phenoxy) is 1. The molecule has 0 unspecified atom stereocenters. The summed E-state index contributed by atoms with van der Waals surface area (Å²) in [4.78, 5) is 49.7. The molecule has 9 heteroatoms. The lowest BCUT2D eigenvalue weighted by Crippen LogP contribution is -2.37. The number of fused-ring (bicyclic) bond motifs is 1. The van der Waals surface area contributed by atoms with Crippen LogP contribution in [0.25, 0.3) is 0 Å². The number of nitrogens with zero attached hydrogens (tertiary/aromatic N) is 4. The maximum absolute atomic E-state index is 12.9. The number of carbonyl (C=O) groups is 3. The average molecular weight is 344 g/mol. The summed E-state index contributed by atoms with van der Waals surface area (Å²) in [6.45, 7) is 5.48. The van der Waals surface area contributed by atoms with Crippen molar-refractivity contribution in [1.82, 2.24) is 5.12 Å². The molecule has 0 spiro atoms. The molecule has 1 aromatic carbocycles. The van der Waals surface area contributed by atoms with Crippen LogP contribution in [0.2, 0.25) is 0 Å². The Kier molecular flexibility index (Phi) is 3.86. The summed E-state index contributed by atoms with van der Waals surface area (Å²) in [5.74, 6) is -3.35. The zero-order chi connectivity index (χ0) is 18.5. The highest BCUT2D eigenvalue weighted by Crippen LogP contribution is 2.38. The summed E-state index contributed by atoms with van der Waals surface area (Å²) in [6, 6.07) is 2.43. The van der Waals surface area contributed by atoms with Crippen molar-refractivity contribution in [1.29, 1.82) is 0 Å². The van der Waals surface area contributed by atoms with E-state index in [1.807, 2.05) is 19.1 Å². The molecule has 0 aliphatic carbocycles. The van der Waals surface area contributed by atoms with E-state index in [1.54, 1.807) is 13.8 Å². The van der Waals surface area contributed by atoms with Gasteiger partial charge in [0.25, 0.3) is 5.91 Å². The van der Waals surface area contributed by atoms with Crippen molar-refractivity contribution in [2.75, 3.05) is 12.0 Å². The van der Waals surface area contributed by atoms with Crippen LogP contribution in [0.15, 0.2) is 22.5 Å². The molecule has 2 atom stereocenters. The Bertz CT molecular complexity index is 824. The molecule has 0 N–H and O–H groups in total. The molecule has 1 aromatic rings. The predicted molar refractivity (Wildman–Crippen MR) is 87.5 cm³/mol. The zero-order valence-corrected chi connectivity index (χ0v) is 14.1. The number of methoxy groups -OCH3 is 1. The Hall–Kier alpha value is -3.10. The Balaban J connectivity index is 2.12. The Morgan fingerprint density at radius 1 is 1.16 bits per heavy atom. The second-order valence-electron chi connectivity index (χ2n) is 6.06. The molecular formula is C16H16N4O5. The fourth-order valence-electron chi connectivity index (χ4n) is 3.48. The van der Waals surface area contributed by atoms with Crippen molar-refractivity contribution in [2.45, 2.75) is 26.8 Å². The van der Waals surface area contributed by atoms with Gasteiger partial charge in [-0.3, -0.25) is 9.59 Å². The number of benzene rings is 1. The van der Waals surface area contributed by atoms with Crippen molar-refractivity contribution in [3.05, 3.63) is 33.7 Å². The number of hydrogen-bond donors (Lipinski definition) is 0. The lowest BCUT2D eigenvalue weighted by molar-refractivity contribution is -0.133. The maximum atomic E-state index is 12.9. The standard InChI is InChI=1S/C16H16N4O5/c1-7-5-8(2)12(9(3)6-7)19-14(21)10-11(16(23)25-4)17-20(18-24)13(10)15(19)22/h5-6,10,13H,1-4H3/t10-,13-/m0/s1. The van der Waals surface area contributed by atoms with Crippen molar-refractivity contribution >= 4 is 29.2 Å². The van der Waals surface area contributed by atoms with Crippen LogP contribution in [0.4, 0.5) is 5.69 Å². The van der Waals surface area contributed by atoms with Crippen LogP contribution in [0.5, 0.6) is 0 Å². The van der Waals surface area contributed by atoms with Crippen LogP contribution in [-0.2, 0) is 19.1 Å². The highest BCUT2D eigenvalue weighted by atomic mass is 16.5. The topological polar surface area (TPSA) is 109 Å². The third kappa shape index (κ3) is 2.31. The minimum Gasteiger partial charge on any atom is -0.464 e. The number of hydrazone groups is 1. The molecule has 2 aliphatic heterocycles. The molecule has 0 radical (unpaired) electrons. The highest BCUT2D eigenvalue weighted by Gasteiger charge is 2.60. The van der Waals surface area contributed by atoms with E-state index in [-0.39, 0.29) is 5.71 Å². The molecule has 0 saturated carbocycles. The normalized spacial score (nSPS) is 22.2. The van der Waals surface area contributed by atoms with Crippen LogP contribution >= 0.6 is 0 Å². The molecule has 1 fully saturated rings. The molecule has 130 valence electrons. The van der Waals surface area contributed by atoms with E-state index in [1.165, 1.54) is 0 Å². The number of amides is 2. The molecule has 25 heavy (non-hydrogen) atoms. The Morgan fingerprint density at radius 2 is 1.76 bits per heavy atom. The van der Waals surface area contributed by atoms with Gasteiger partial charge in [0.05, 0.1) is 18.1 Å². The van der Waals surface area contributed by atoms with Crippen molar-refractivity contribution in [3.8, 4) is 0 Å². The van der Waals surface area contributed by atoms with Gasteiger partial charge in [0.2, 0.25) is 5.91 Å². The van der Waals surface area contributed by atoms with Gasteiger partial charge in [-0.15, -0.1) is 15.1 Å². The van der Waals surface area contributed by atoms with Gasteiger partial charge in [0.15, 0.2) is 11.8 Å². The SMILES string of the molecule is COC(=O)C1=NN(N=O)[C@@H]2C(=O)N(c3c(C)cc(C)cc3C)C(=O)[C@@H]12. The molecule has 2 heterocycles. The average Bonchev–Trinajstić information content (AvgIpc) is 3.05. The van der Waals surface area contributed by atoms with E-state index < -0.39 is 29.7 Å². The molecule has 0 bridgehead atoms. The third-order valence-corrected chi connectivity index (χ3v) is 4.37. The molecule has 1 saturated heterocycles. The molecular weight excluding hydrogens is 328 g/mol. The van der Waals surface area contributed by atoms with E-state index >= 15 is 0 Å². The summed E-state index contributed by atoms with van der Waals surface area (Å²) in [6.07, 6.45) is 0. The number of carbonyl (C=O) groups excluding carboxylic acids is 3. The van der Waals surface area contributed by atoms with Crippen LogP contribution in [0.1, 0.15) is 16.7 Å². The summed E-state index contributed by atoms with van der Waals surface area (Å²) in [5, 5.41) is 6.90. The van der Waals surface area contributed by atoms with Gasteiger partial charge in [0.1, 0.15) is 5.92 Å². The quantitative estimate of drug-likeness (QED) is 0.460.